The van der Waals surface area contributed by atoms with Crippen LogP contribution in [0, 0.1) is 0 Å². The van der Waals surface area contributed by atoms with Crippen LogP contribution < -0.4 is 10.5 Å². The second kappa shape index (κ2) is 7.18. The zero-order chi connectivity index (χ0) is 17.0. The number of sulfonamides is 1. The van der Waals surface area contributed by atoms with Crippen LogP contribution in [-0.2, 0) is 21.4 Å². The van der Waals surface area contributed by atoms with E-state index in [4.69, 9.17) is 33.1 Å². The van der Waals surface area contributed by atoms with Gasteiger partial charge in [0.1, 0.15) is 11.5 Å². The summed E-state index contributed by atoms with van der Waals surface area (Å²) in [6, 6.07) is 11.3. The minimum Gasteiger partial charge on any atom is -0.444 e. The van der Waals surface area contributed by atoms with Crippen LogP contribution in [0.3, 0.4) is 0 Å². The molecule has 3 N–H and O–H groups in total. The van der Waals surface area contributed by atoms with Crippen molar-refractivity contribution in [3.05, 3.63) is 58.1 Å². The molecule has 0 heterocycles. The molecule has 2 aromatic carbocycles. The summed E-state index contributed by atoms with van der Waals surface area (Å²) in [5.74, 6) is 0. The predicted octanol–water partition coefficient (Wildman–Crippen LogP) is 3.39. The van der Waals surface area contributed by atoms with Crippen molar-refractivity contribution >= 4 is 45.0 Å². The average molecular weight is 375 g/mol. The average Bonchev–Trinajstić information content (AvgIpc) is 2.48. The third kappa shape index (κ3) is 4.84. The van der Waals surface area contributed by atoms with Crippen LogP contribution in [0.25, 0.3) is 0 Å². The lowest BCUT2D eigenvalue weighted by molar-refractivity contribution is 0.155. The van der Waals surface area contributed by atoms with Gasteiger partial charge < -0.3 is 4.74 Å². The van der Waals surface area contributed by atoms with Gasteiger partial charge in [-0.25, -0.2) is 18.4 Å². The van der Waals surface area contributed by atoms with E-state index in [0.717, 1.165) is 11.6 Å². The van der Waals surface area contributed by atoms with Crippen molar-refractivity contribution in [2.75, 3.05) is 5.32 Å². The van der Waals surface area contributed by atoms with Crippen LogP contribution in [0.4, 0.5) is 10.5 Å². The summed E-state index contributed by atoms with van der Waals surface area (Å²) in [5.41, 5.74) is 0.929. The lowest BCUT2D eigenvalue weighted by Gasteiger charge is -2.10. The Balaban J connectivity index is 2.08. The number of rotatable bonds is 4. The standard InChI is InChI=1S/C14H12Cl2N2O4S/c15-10-7-13(23(17,20)21)11(16)6-12(10)18-14(19)22-8-9-4-2-1-3-5-9/h1-7H,8H2,(H,18,19)(H2,17,20,21). The van der Waals surface area contributed by atoms with Crippen molar-refractivity contribution < 1.29 is 17.9 Å². The molecule has 0 aliphatic heterocycles. The van der Waals surface area contributed by atoms with E-state index in [1.54, 1.807) is 12.1 Å². The highest BCUT2D eigenvalue weighted by molar-refractivity contribution is 7.89. The van der Waals surface area contributed by atoms with Gasteiger partial charge in [-0.2, -0.15) is 0 Å². The van der Waals surface area contributed by atoms with Gasteiger partial charge >= 0.3 is 6.09 Å². The maximum Gasteiger partial charge on any atom is 0.412 e. The number of hydrogen-bond donors (Lipinski definition) is 2. The molecule has 6 nitrogen and oxygen atoms in total. The zero-order valence-corrected chi connectivity index (χ0v) is 14.0. The topological polar surface area (TPSA) is 98.5 Å². The van der Waals surface area contributed by atoms with Crippen LogP contribution in [0.5, 0.6) is 0 Å². The van der Waals surface area contributed by atoms with E-state index < -0.39 is 16.1 Å². The number of carbonyl (C=O) groups is 1. The van der Waals surface area contributed by atoms with Crippen LogP contribution >= 0.6 is 23.2 Å². The molecule has 0 spiro atoms. The summed E-state index contributed by atoms with van der Waals surface area (Å²) < 4.78 is 27.7. The molecule has 0 saturated carbocycles. The summed E-state index contributed by atoms with van der Waals surface area (Å²) in [5, 5.41) is 7.20. The Morgan fingerprint density at radius 3 is 2.39 bits per heavy atom. The van der Waals surface area contributed by atoms with E-state index in [1.807, 2.05) is 18.2 Å². The largest absolute Gasteiger partial charge is 0.444 e. The van der Waals surface area contributed by atoms with Crippen LogP contribution in [-0.4, -0.2) is 14.5 Å². The minimum absolute atomic E-state index is 0.0323. The number of nitrogens with two attached hydrogens (primary N) is 1. The highest BCUT2D eigenvalue weighted by Gasteiger charge is 2.17. The van der Waals surface area contributed by atoms with E-state index in [-0.39, 0.29) is 27.2 Å². The number of hydrogen-bond acceptors (Lipinski definition) is 4. The quantitative estimate of drug-likeness (QED) is 0.856. The SMILES string of the molecule is NS(=O)(=O)c1cc(Cl)c(NC(=O)OCc2ccccc2)cc1Cl. The van der Waals surface area contributed by atoms with Crippen molar-refractivity contribution in [2.24, 2.45) is 5.14 Å². The number of amides is 1. The molecule has 0 aromatic heterocycles. The Morgan fingerprint density at radius 1 is 1.13 bits per heavy atom. The first-order chi connectivity index (χ1) is 10.8. The van der Waals surface area contributed by atoms with Crippen LogP contribution in [0.15, 0.2) is 47.4 Å². The van der Waals surface area contributed by atoms with E-state index in [9.17, 15) is 13.2 Å². The molecule has 2 rings (SSSR count). The molecule has 0 unspecified atom stereocenters. The molecule has 2 aromatic rings. The molecule has 0 radical (unpaired) electrons. The van der Waals surface area contributed by atoms with E-state index >= 15 is 0 Å². The molecule has 0 saturated heterocycles. The Hall–Kier alpha value is -1.80. The number of primary sulfonamides is 1. The van der Waals surface area contributed by atoms with Gasteiger partial charge in [-0.3, -0.25) is 5.32 Å². The predicted molar refractivity (Wildman–Crippen MR) is 88.1 cm³/mol. The highest BCUT2D eigenvalue weighted by Crippen LogP contribution is 2.31. The molecule has 1 amide bonds. The molecular formula is C14H12Cl2N2O4S. The number of halogens is 2. The number of nitrogens with one attached hydrogen (secondary N) is 1. The number of benzene rings is 2. The second-order valence-electron chi connectivity index (χ2n) is 4.49. The molecule has 0 fully saturated rings. The Morgan fingerprint density at radius 2 is 1.78 bits per heavy atom. The summed E-state index contributed by atoms with van der Waals surface area (Å²) in [7, 11) is -4.01. The fraction of sp³-hybridized carbons (Fsp3) is 0.0714. The molecular weight excluding hydrogens is 363 g/mol. The smallest absolute Gasteiger partial charge is 0.412 e. The van der Waals surface area contributed by atoms with Gasteiger partial charge in [0.2, 0.25) is 10.0 Å². The van der Waals surface area contributed by atoms with Crippen LogP contribution in [0.2, 0.25) is 10.0 Å². The molecule has 9 heteroatoms. The maximum atomic E-state index is 11.8. The van der Waals surface area contributed by atoms with Gasteiger partial charge in [0, 0.05) is 0 Å². The van der Waals surface area contributed by atoms with Crippen molar-refractivity contribution in [3.8, 4) is 0 Å². The molecule has 0 aliphatic carbocycles. The second-order valence-corrected chi connectivity index (χ2v) is 6.84. The first-order valence-corrected chi connectivity index (χ1v) is 8.57. The van der Waals surface area contributed by atoms with Gasteiger partial charge in [-0.15, -0.1) is 0 Å². The van der Waals surface area contributed by atoms with Crippen molar-refractivity contribution in [1.82, 2.24) is 0 Å². The molecule has 0 bridgehead atoms. The lowest BCUT2D eigenvalue weighted by Crippen LogP contribution is -2.15. The van der Waals surface area contributed by atoms with E-state index in [1.165, 1.54) is 6.07 Å². The van der Waals surface area contributed by atoms with E-state index in [2.05, 4.69) is 5.32 Å². The lowest BCUT2D eigenvalue weighted by atomic mass is 10.2. The highest BCUT2D eigenvalue weighted by atomic mass is 35.5. The third-order valence-electron chi connectivity index (χ3n) is 2.78. The van der Waals surface area contributed by atoms with Crippen molar-refractivity contribution in [3.63, 3.8) is 0 Å². The normalized spacial score (nSPS) is 11.1. The van der Waals surface area contributed by atoms with Crippen molar-refractivity contribution in [2.45, 2.75) is 11.5 Å². The van der Waals surface area contributed by atoms with Gasteiger partial charge in [0.15, 0.2) is 0 Å². The van der Waals surface area contributed by atoms with Gasteiger partial charge in [-0.1, -0.05) is 53.5 Å². The van der Waals surface area contributed by atoms with Gasteiger partial charge in [-0.05, 0) is 17.7 Å². The number of ether oxygens (including phenoxy) is 1. The molecule has 122 valence electrons. The molecule has 0 aliphatic rings. The van der Waals surface area contributed by atoms with Gasteiger partial charge in [0.25, 0.3) is 0 Å². The monoisotopic (exact) mass is 374 g/mol. The summed E-state index contributed by atoms with van der Waals surface area (Å²) >= 11 is 11.8. The molecule has 0 atom stereocenters. The Labute approximate surface area is 143 Å². The Bertz CT molecular complexity index is 826. The first kappa shape index (κ1) is 17.6. The Kier molecular flexibility index (Phi) is 5.48. The molecule has 23 heavy (non-hydrogen) atoms. The zero-order valence-electron chi connectivity index (χ0n) is 11.6. The fourth-order valence-corrected chi connectivity index (χ4v) is 3.09. The van der Waals surface area contributed by atoms with Crippen LogP contribution in [0.1, 0.15) is 5.56 Å². The van der Waals surface area contributed by atoms with Gasteiger partial charge in [0.05, 0.1) is 15.7 Å². The first-order valence-electron chi connectivity index (χ1n) is 6.27. The maximum absolute atomic E-state index is 11.8. The third-order valence-corrected chi connectivity index (χ3v) is 4.47. The summed E-state index contributed by atoms with van der Waals surface area (Å²) in [6.45, 7) is 0.0767. The van der Waals surface area contributed by atoms with Crippen molar-refractivity contribution in [1.29, 1.82) is 0 Å². The number of anilines is 1. The number of carbonyl (C=O) groups excluding carboxylic acids is 1. The van der Waals surface area contributed by atoms with E-state index in [0.29, 0.717) is 0 Å². The summed E-state index contributed by atoms with van der Waals surface area (Å²) in [4.78, 5) is 11.4. The summed E-state index contributed by atoms with van der Waals surface area (Å²) in [6.07, 6.45) is -0.754. The minimum atomic E-state index is -4.01. The fourth-order valence-electron chi connectivity index (χ4n) is 1.71.